The molecular weight excluding hydrogens is 268 g/mol. The van der Waals surface area contributed by atoms with Crippen LogP contribution in [0.25, 0.3) is 21.9 Å². The third kappa shape index (κ3) is 1.93. The largest absolute Gasteiger partial charge is 0.482 e. The molecule has 0 unspecified atom stereocenters. The maximum absolute atomic E-state index is 6.31. The molecule has 3 aromatic rings. The number of benzene rings is 3. The number of aryl methyl sites for hydroxylation is 2. The van der Waals surface area contributed by atoms with Gasteiger partial charge in [-0.2, -0.15) is 0 Å². The first-order valence-corrected chi connectivity index (χ1v) is 7.79. The molecule has 1 nitrogen and oxygen atoms in total. The van der Waals surface area contributed by atoms with Gasteiger partial charge in [-0.25, -0.2) is 0 Å². The molecule has 1 aliphatic heterocycles. The fraction of sp³-hybridized carbons (Fsp3) is 0.238. The first kappa shape index (κ1) is 13.4. The van der Waals surface area contributed by atoms with E-state index in [0.29, 0.717) is 0 Å². The molecule has 0 bridgehead atoms. The Morgan fingerprint density at radius 3 is 2.27 bits per heavy atom. The molecule has 22 heavy (non-hydrogen) atoms. The summed E-state index contributed by atoms with van der Waals surface area (Å²) in [6.07, 6.45) is 0. The molecule has 0 fully saturated rings. The van der Waals surface area contributed by atoms with Gasteiger partial charge in [0, 0.05) is 11.1 Å². The van der Waals surface area contributed by atoms with Gasteiger partial charge in [-0.05, 0) is 67.8 Å². The van der Waals surface area contributed by atoms with Crippen molar-refractivity contribution in [2.75, 3.05) is 0 Å². The maximum atomic E-state index is 6.31. The Kier molecular flexibility index (Phi) is 2.65. The van der Waals surface area contributed by atoms with E-state index in [1.165, 1.54) is 38.6 Å². The predicted molar refractivity (Wildman–Crippen MR) is 92.5 cm³/mol. The van der Waals surface area contributed by atoms with E-state index in [1.807, 2.05) is 0 Å². The van der Waals surface area contributed by atoms with E-state index in [4.69, 9.17) is 4.74 Å². The van der Waals surface area contributed by atoms with Gasteiger partial charge in [-0.1, -0.05) is 35.9 Å². The second kappa shape index (κ2) is 4.36. The van der Waals surface area contributed by atoms with Crippen LogP contribution in [0.15, 0.2) is 48.5 Å². The Morgan fingerprint density at radius 2 is 1.45 bits per heavy atom. The standard InChI is InChI=1S/C21H20O/c1-13-5-7-15-11-18-17-8-6-14(2)10-20(17)22-21(3,4)19(18)12-16(15)9-13/h5-12H,1-4H3. The van der Waals surface area contributed by atoms with Gasteiger partial charge in [-0.15, -0.1) is 0 Å². The molecule has 0 aromatic heterocycles. The highest BCUT2D eigenvalue weighted by atomic mass is 16.5. The van der Waals surface area contributed by atoms with Crippen LogP contribution in [0.2, 0.25) is 0 Å². The van der Waals surface area contributed by atoms with Crippen molar-refractivity contribution < 1.29 is 4.74 Å². The third-order valence-corrected chi connectivity index (χ3v) is 4.57. The molecule has 0 atom stereocenters. The smallest absolute Gasteiger partial charge is 0.129 e. The molecule has 3 aromatic carbocycles. The van der Waals surface area contributed by atoms with E-state index in [-0.39, 0.29) is 5.60 Å². The molecule has 0 saturated carbocycles. The monoisotopic (exact) mass is 288 g/mol. The lowest BCUT2D eigenvalue weighted by Gasteiger charge is -2.35. The fourth-order valence-corrected chi connectivity index (χ4v) is 3.40. The van der Waals surface area contributed by atoms with Crippen LogP contribution in [0, 0.1) is 13.8 Å². The molecule has 1 heteroatoms. The summed E-state index contributed by atoms with van der Waals surface area (Å²) in [6.45, 7) is 8.55. The van der Waals surface area contributed by atoms with Gasteiger partial charge in [0.1, 0.15) is 11.4 Å². The van der Waals surface area contributed by atoms with Gasteiger partial charge < -0.3 is 4.74 Å². The molecule has 0 aliphatic carbocycles. The van der Waals surface area contributed by atoms with Gasteiger partial charge in [0.15, 0.2) is 0 Å². The van der Waals surface area contributed by atoms with Crippen molar-refractivity contribution in [3.8, 4) is 16.9 Å². The SMILES string of the molecule is Cc1ccc2c(c1)OC(C)(C)c1cc3cc(C)ccc3cc1-2. The molecule has 0 saturated heterocycles. The number of fused-ring (bicyclic) bond motifs is 4. The second-order valence-electron chi connectivity index (χ2n) is 6.86. The van der Waals surface area contributed by atoms with E-state index >= 15 is 0 Å². The average molecular weight is 288 g/mol. The van der Waals surface area contributed by atoms with E-state index in [0.717, 1.165) is 5.75 Å². The molecule has 0 spiro atoms. The summed E-state index contributed by atoms with van der Waals surface area (Å²) in [5.74, 6) is 0.990. The number of rotatable bonds is 0. The molecule has 1 aliphatic rings. The molecule has 1 heterocycles. The van der Waals surface area contributed by atoms with Crippen molar-refractivity contribution >= 4 is 10.8 Å². The Balaban J connectivity index is 2.08. The van der Waals surface area contributed by atoms with Gasteiger partial charge >= 0.3 is 0 Å². The van der Waals surface area contributed by atoms with Gasteiger partial charge in [0.25, 0.3) is 0 Å². The van der Waals surface area contributed by atoms with E-state index in [1.54, 1.807) is 0 Å². The van der Waals surface area contributed by atoms with Crippen molar-refractivity contribution in [3.05, 3.63) is 65.2 Å². The van der Waals surface area contributed by atoms with Crippen LogP contribution in [-0.2, 0) is 5.60 Å². The molecular formula is C21H20O. The average Bonchev–Trinajstić information content (AvgIpc) is 2.45. The molecule has 4 rings (SSSR count). The number of ether oxygens (including phenoxy) is 1. The second-order valence-corrected chi connectivity index (χ2v) is 6.86. The minimum atomic E-state index is -0.311. The normalized spacial score (nSPS) is 15.1. The Bertz CT molecular complexity index is 903. The van der Waals surface area contributed by atoms with Crippen LogP contribution in [0.3, 0.4) is 0 Å². The first-order chi connectivity index (χ1) is 10.4. The lowest BCUT2D eigenvalue weighted by atomic mass is 9.84. The van der Waals surface area contributed by atoms with Crippen molar-refractivity contribution in [2.45, 2.75) is 33.3 Å². The lowest BCUT2D eigenvalue weighted by molar-refractivity contribution is 0.106. The van der Waals surface area contributed by atoms with Gasteiger partial charge in [0.2, 0.25) is 0 Å². The highest BCUT2D eigenvalue weighted by molar-refractivity contribution is 5.92. The molecule has 0 amide bonds. The minimum absolute atomic E-state index is 0.311. The predicted octanol–water partition coefficient (Wildman–Crippen LogP) is 5.75. The van der Waals surface area contributed by atoms with Crippen LogP contribution in [-0.4, -0.2) is 0 Å². The highest BCUT2D eigenvalue weighted by Gasteiger charge is 2.32. The highest BCUT2D eigenvalue weighted by Crippen LogP contribution is 2.46. The summed E-state index contributed by atoms with van der Waals surface area (Å²) in [5, 5.41) is 2.57. The summed E-state index contributed by atoms with van der Waals surface area (Å²) >= 11 is 0. The minimum Gasteiger partial charge on any atom is -0.482 e. The van der Waals surface area contributed by atoms with E-state index < -0.39 is 0 Å². The topological polar surface area (TPSA) is 9.23 Å². The third-order valence-electron chi connectivity index (χ3n) is 4.57. The first-order valence-electron chi connectivity index (χ1n) is 7.79. The Morgan fingerprint density at radius 1 is 0.727 bits per heavy atom. The van der Waals surface area contributed by atoms with Crippen LogP contribution >= 0.6 is 0 Å². The molecule has 0 N–H and O–H groups in total. The van der Waals surface area contributed by atoms with Crippen LogP contribution in [0.5, 0.6) is 5.75 Å². The zero-order valence-electron chi connectivity index (χ0n) is 13.5. The lowest BCUT2D eigenvalue weighted by Crippen LogP contribution is -2.29. The van der Waals surface area contributed by atoms with E-state index in [9.17, 15) is 0 Å². The van der Waals surface area contributed by atoms with Crippen LogP contribution < -0.4 is 4.74 Å². The van der Waals surface area contributed by atoms with Crippen molar-refractivity contribution in [3.63, 3.8) is 0 Å². The van der Waals surface area contributed by atoms with Gasteiger partial charge in [0.05, 0.1) is 0 Å². The quantitative estimate of drug-likeness (QED) is 0.511. The van der Waals surface area contributed by atoms with E-state index in [2.05, 4.69) is 76.2 Å². The van der Waals surface area contributed by atoms with Crippen LogP contribution in [0.4, 0.5) is 0 Å². The summed E-state index contributed by atoms with van der Waals surface area (Å²) in [4.78, 5) is 0. The zero-order chi connectivity index (χ0) is 15.5. The summed E-state index contributed by atoms with van der Waals surface area (Å²) in [6, 6.07) is 17.7. The Labute approximate surface area is 131 Å². The van der Waals surface area contributed by atoms with Crippen molar-refractivity contribution in [1.29, 1.82) is 0 Å². The van der Waals surface area contributed by atoms with Crippen molar-refractivity contribution in [1.82, 2.24) is 0 Å². The summed E-state index contributed by atoms with van der Waals surface area (Å²) < 4.78 is 6.31. The van der Waals surface area contributed by atoms with Crippen molar-refractivity contribution in [2.24, 2.45) is 0 Å². The molecule has 110 valence electrons. The molecule has 0 radical (unpaired) electrons. The van der Waals surface area contributed by atoms with Crippen LogP contribution in [0.1, 0.15) is 30.5 Å². The fourth-order valence-electron chi connectivity index (χ4n) is 3.40. The van der Waals surface area contributed by atoms with Gasteiger partial charge in [-0.3, -0.25) is 0 Å². The summed E-state index contributed by atoms with van der Waals surface area (Å²) in [7, 11) is 0. The summed E-state index contributed by atoms with van der Waals surface area (Å²) in [5.41, 5.74) is 5.97. The zero-order valence-corrected chi connectivity index (χ0v) is 13.5. The number of hydrogen-bond donors (Lipinski definition) is 0. The Hall–Kier alpha value is -2.28. The number of hydrogen-bond acceptors (Lipinski definition) is 1. The maximum Gasteiger partial charge on any atom is 0.129 e.